The Morgan fingerprint density at radius 2 is 1.38 bits per heavy atom. The van der Waals surface area contributed by atoms with E-state index in [1.807, 2.05) is 36.4 Å². The zero-order chi connectivity index (χ0) is 31.0. The quantitative estimate of drug-likeness (QED) is 0.267. The van der Waals surface area contributed by atoms with Crippen molar-refractivity contribution in [1.82, 2.24) is 25.6 Å². The second-order valence-corrected chi connectivity index (χ2v) is 9.67. The number of alkyl carbamates (subject to hydrolysis) is 1. The lowest BCUT2D eigenvalue weighted by Crippen LogP contribution is -2.59. The number of benzene rings is 2. The number of carbonyl (C=O) groups excluding carboxylic acids is 6. The lowest BCUT2D eigenvalue weighted by atomic mass is 10.2. The number of nitrogens with two attached hydrogens (primary N) is 1. The number of primary amides is 1. The lowest BCUT2D eigenvalue weighted by Gasteiger charge is -2.30. The van der Waals surface area contributed by atoms with E-state index in [1.165, 1.54) is 18.7 Å². The molecule has 1 aliphatic rings. The number of rotatable bonds is 10. The maximum atomic E-state index is 13.0. The molecule has 2 aromatic rings. The third-order valence-electron chi connectivity index (χ3n) is 6.32. The van der Waals surface area contributed by atoms with Crippen LogP contribution in [0.1, 0.15) is 25.0 Å². The highest BCUT2D eigenvalue weighted by Gasteiger charge is 2.54. The Hall–Kier alpha value is -4.98. The Morgan fingerprint density at radius 3 is 1.95 bits per heavy atom. The Kier molecular flexibility index (Phi) is 10.6. The van der Waals surface area contributed by atoms with Gasteiger partial charge in [0, 0.05) is 20.6 Å². The molecule has 1 fully saturated rings. The van der Waals surface area contributed by atoms with Crippen molar-refractivity contribution < 1.29 is 38.2 Å². The van der Waals surface area contributed by atoms with Crippen LogP contribution in [0, 0.1) is 0 Å². The van der Waals surface area contributed by atoms with Gasteiger partial charge in [0.15, 0.2) is 12.2 Å². The second-order valence-electron chi connectivity index (χ2n) is 9.67. The number of carbonyl (C=O) groups is 6. The van der Waals surface area contributed by atoms with Gasteiger partial charge in [-0.1, -0.05) is 60.7 Å². The van der Waals surface area contributed by atoms with Crippen LogP contribution in [-0.2, 0) is 41.8 Å². The molecule has 0 bridgehead atoms. The van der Waals surface area contributed by atoms with Gasteiger partial charge < -0.3 is 30.7 Å². The molecular weight excluding hydrogens is 548 g/mol. The van der Waals surface area contributed by atoms with Crippen LogP contribution < -0.4 is 16.4 Å². The van der Waals surface area contributed by atoms with Crippen LogP contribution in [0.2, 0.25) is 0 Å². The van der Waals surface area contributed by atoms with Crippen molar-refractivity contribution in [3.05, 3.63) is 71.8 Å². The molecule has 0 unspecified atom stereocenters. The molecule has 224 valence electrons. The molecule has 0 aliphatic carbocycles. The Balaban J connectivity index is 1.51. The van der Waals surface area contributed by atoms with E-state index in [1.54, 1.807) is 31.3 Å². The van der Waals surface area contributed by atoms with Gasteiger partial charge in [-0.05, 0) is 25.0 Å². The fraction of sp³-hybridized carbons (Fsp3) is 0.357. The second kappa shape index (κ2) is 14.1. The van der Waals surface area contributed by atoms with Gasteiger partial charge in [-0.2, -0.15) is 5.01 Å². The van der Waals surface area contributed by atoms with Gasteiger partial charge in [0.05, 0.1) is 0 Å². The molecule has 1 saturated heterocycles. The predicted molar refractivity (Wildman–Crippen MR) is 148 cm³/mol. The molecule has 7 amide bonds. The van der Waals surface area contributed by atoms with Crippen molar-refractivity contribution in [2.75, 3.05) is 14.1 Å². The fourth-order valence-electron chi connectivity index (χ4n) is 3.95. The number of imide groups is 1. The minimum Gasteiger partial charge on any atom is -0.445 e. The van der Waals surface area contributed by atoms with Crippen LogP contribution in [0.5, 0.6) is 0 Å². The third kappa shape index (κ3) is 8.27. The number of hydrazine groups is 1. The molecule has 0 radical (unpaired) electrons. The summed E-state index contributed by atoms with van der Waals surface area (Å²) in [5, 5.41) is 5.74. The van der Waals surface area contributed by atoms with Gasteiger partial charge in [0.25, 0.3) is 17.7 Å². The molecular formula is C28H34N6O8. The maximum absolute atomic E-state index is 13.0. The number of hydrogen-bond acceptors (Lipinski definition) is 8. The van der Waals surface area contributed by atoms with Crippen LogP contribution in [0.3, 0.4) is 0 Å². The Morgan fingerprint density at radius 1 is 0.833 bits per heavy atom. The maximum Gasteiger partial charge on any atom is 0.408 e. The zero-order valence-corrected chi connectivity index (χ0v) is 23.7. The van der Waals surface area contributed by atoms with Gasteiger partial charge in [-0.15, -0.1) is 0 Å². The molecule has 1 aliphatic heterocycles. The zero-order valence-electron chi connectivity index (χ0n) is 23.7. The molecule has 14 heteroatoms. The summed E-state index contributed by atoms with van der Waals surface area (Å²) in [7, 11) is 2.65. The number of amides is 7. The first-order valence-electron chi connectivity index (χ1n) is 13.0. The summed E-state index contributed by atoms with van der Waals surface area (Å²) < 4.78 is 10.3. The Labute approximate surface area is 242 Å². The molecule has 2 aromatic carbocycles. The van der Waals surface area contributed by atoms with E-state index in [9.17, 15) is 28.8 Å². The summed E-state index contributed by atoms with van der Waals surface area (Å²) in [4.78, 5) is 76.9. The topological polar surface area (TPSA) is 184 Å². The van der Waals surface area contributed by atoms with Gasteiger partial charge in [-0.25, -0.2) is 14.6 Å². The van der Waals surface area contributed by atoms with E-state index in [-0.39, 0.29) is 13.2 Å². The lowest BCUT2D eigenvalue weighted by molar-refractivity contribution is -0.156. The van der Waals surface area contributed by atoms with Gasteiger partial charge in [0.2, 0.25) is 5.91 Å². The highest BCUT2D eigenvalue weighted by molar-refractivity contribution is 6.03. The molecule has 1 heterocycles. The first kappa shape index (κ1) is 31.5. The average molecular weight is 583 g/mol. The van der Waals surface area contributed by atoms with Crippen molar-refractivity contribution in [1.29, 1.82) is 0 Å². The van der Waals surface area contributed by atoms with Crippen molar-refractivity contribution in [3.8, 4) is 0 Å². The van der Waals surface area contributed by atoms with Gasteiger partial charge in [0.1, 0.15) is 18.7 Å². The largest absolute Gasteiger partial charge is 0.445 e. The van der Waals surface area contributed by atoms with Crippen LogP contribution >= 0.6 is 0 Å². The minimum atomic E-state index is -1.32. The normalized spacial score (nSPS) is 16.7. The number of urea groups is 1. The van der Waals surface area contributed by atoms with Crippen molar-refractivity contribution in [2.45, 2.75) is 51.3 Å². The molecule has 42 heavy (non-hydrogen) atoms. The van der Waals surface area contributed by atoms with Crippen molar-refractivity contribution in [3.63, 3.8) is 0 Å². The molecule has 0 saturated carbocycles. The highest BCUT2D eigenvalue weighted by atomic mass is 16.6. The predicted octanol–water partition coefficient (Wildman–Crippen LogP) is 0.513. The minimum absolute atomic E-state index is 0.00183. The number of epoxide rings is 1. The third-order valence-corrected chi connectivity index (χ3v) is 6.32. The van der Waals surface area contributed by atoms with E-state index in [2.05, 4.69) is 10.6 Å². The molecule has 4 N–H and O–H groups in total. The number of nitrogens with zero attached hydrogens (tertiary/aromatic N) is 3. The summed E-state index contributed by atoms with van der Waals surface area (Å²) in [6, 6.07) is 14.5. The van der Waals surface area contributed by atoms with Crippen molar-refractivity contribution in [2.24, 2.45) is 5.73 Å². The standard InChI is InChI=1S/C28H34N6O8/c1-17(31-28(40)41-16-20-13-9-6-10-14-20)23(35)30-18(2)24(36)33(4)34(27(29)39)26(38)22-21(42-22)25(37)32(3)15-19-11-7-5-8-12-19/h5-14,17-18,21-22H,15-16H2,1-4H3,(H2,29,39)(H,30,35)(H,31,40)/t17-,18-,21-,22-/m0/s1. The van der Waals surface area contributed by atoms with E-state index >= 15 is 0 Å². The molecule has 4 atom stereocenters. The van der Waals surface area contributed by atoms with Crippen LogP contribution in [0.25, 0.3) is 0 Å². The van der Waals surface area contributed by atoms with Crippen LogP contribution in [-0.4, -0.2) is 89.1 Å². The van der Waals surface area contributed by atoms with Crippen LogP contribution in [0.4, 0.5) is 9.59 Å². The summed E-state index contributed by atoms with van der Waals surface area (Å²) >= 11 is 0. The molecule has 3 rings (SSSR count). The van der Waals surface area contributed by atoms with E-state index in [0.29, 0.717) is 10.0 Å². The number of likely N-dealkylation sites (N-methyl/N-ethyl adjacent to an activating group) is 2. The van der Waals surface area contributed by atoms with Crippen LogP contribution in [0.15, 0.2) is 60.7 Å². The summed E-state index contributed by atoms with van der Waals surface area (Å²) in [6.45, 7) is 2.97. The molecule has 0 spiro atoms. The molecule has 14 nitrogen and oxygen atoms in total. The smallest absolute Gasteiger partial charge is 0.408 e. The monoisotopic (exact) mass is 582 g/mol. The SMILES string of the molecule is C[C@H](NC(=O)OCc1ccccc1)C(=O)N[C@@H](C)C(=O)N(C)N(C(N)=O)C(=O)[C@H]1O[C@@H]1C(=O)N(C)Cc1ccccc1. The van der Waals surface area contributed by atoms with E-state index in [4.69, 9.17) is 15.2 Å². The average Bonchev–Trinajstić information content (AvgIpc) is 3.77. The van der Waals surface area contributed by atoms with E-state index in [0.717, 1.165) is 18.2 Å². The number of ether oxygens (including phenoxy) is 2. The Bertz CT molecular complexity index is 1310. The fourth-order valence-corrected chi connectivity index (χ4v) is 3.95. The summed E-state index contributed by atoms with van der Waals surface area (Å²) in [5.74, 6) is -3.10. The van der Waals surface area contributed by atoms with E-state index < -0.39 is 60.0 Å². The number of hydrogen-bond donors (Lipinski definition) is 3. The number of nitrogens with one attached hydrogen (secondary N) is 2. The summed E-state index contributed by atoms with van der Waals surface area (Å²) in [5.41, 5.74) is 7.00. The van der Waals surface area contributed by atoms with Gasteiger partial charge >= 0.3 is 12.1 Å². The molecule has 0 aromatic heterocycles. The first-order chi connectivity index (χ1) is 19.9. The summed E-state index contributed by atoms with van der Waals surface area (Å²) in [6.07, 6.45) is -3.32. The first-order valence-corrected chi connectivity index (χ1v) is 13.0. The van der Waals surface area contributed by atoms with Crippen molar-refractivity contribution >= 4 is 35.8 Å². The highest BCUT2D eigenvalue weighted by Crippen LogP contribution is 2.27. The van der Waals surface area contributed by atoms with Gasteiger partial charge in [-0.3, -0.25) is 19.2 Å².